The number of nitrogens with zero attached hydrogens (tertiary/aromatic N) is 1. The summed E-state index contributed by atoms with van der Waals surface area (Å²) in [7, 11) is 0. The minimum atomic E-state index is -1.33. The molecule has 0 spiro atoms. The summed E-state index contributed by atoms with van der Waals surface area (Å²) in [5.41, 5.74) is -0.470. The summed E-state index contributed by atoms with van der Waals surface area (Å²) in [6, 6.07) is -0.361. The monoisotopic (exact) mass is 304 g/mol. The van der Waals surface area contributed by atoms with E-state index >= 15 is 0 Å². The molecule has 0 radical (unpaired) electrons. The third-order valence-corrected chi connectivity index (χ3v) is 3.90. The number of benzene rings is 1. The van der Waals surface area contributed by atoms with E-state index in [9.17, 15) is 17.6 Å². The van der Waals surface area contributed by atoms with E-state index in [1.807, 2.05) is 11.8 Å². The summed E-state index contributed by atoms with van der Waals surface area (Å²) < 4.78 is 55.0. The van der Waals surface area contributed by atoms with Gasteiger partial charge in [-0.1, -0.05) is 19.8 Å². The molecule has 1 aromatic rings. The minimum absolute atomic E-state index is 0.267. The van der Waals surface area contributed by atoms with E-state index in [1.54, 1.807) is 0 Å². The first-order valence-electron chi connectivity index (χ1n) is 7.34. The Labute approximate surface area is 122 Å². The van der Waals surface area contributed by atoms with Gasteiger partial charge in [-0.3, -0.25) is 4.90 Å². The van der Waals surface area contributed by atoms with Crippen LogP contribution in [0.15, 0.2) is 6.07 Å². The maximum absolute atomic E-state index is 14.1. The third-order valence-electron chi connectivity index (χ3n) is 3.90. The Hall–Kier alpha value is -1.14. The Balaban J connectivity index is 2.40. The second kappa shape index (κ2) is 7.22. The average Bonchev–Trinajstić information content (AvgIpc) is 2.49. The zero-order valence-electron chi connectivity index (χ0n) is 12.1. The van der Waals surface area contributed by atoms with Gasteiger partial charge in [0.25, 0.3) is 0 Å². The van der Waals surface area contributed by atoms with Crippen LogP contribution in [0.5, 0.6) is 0 Å². The lowest BCUT2D eigenvalue weighted by Crippen LogP contribution is -2.45. The lowest BCUT2D eigenvalue weighted by Gasteiger charge is -2.35. The number of hydrogen-bond donors (Lipinski definition) is 1. The molecule has 1 aliphatic heterocycles. The topological polar surface area (TPSA) is 15.3 Å². The summed E-state index contributed by atoms with van der Waals surface area (Å²) in [5, 5.41) is 3.15. The number of rotatable bonds is 5. The zero-order chi connectivity index (χ0) is 15.4. The molecule has 1 atom stereocenters. The van der Waals surface area contributed by atoms with E-state index in [0.717, 1.165) is 12.8 Å². The van der Waals surface area contributed by atoms with E-state index in [2.05, 4.69) is 5.32 Å². The van der Waals surface area contributed by atoms with Gasteiger partial charge in [-0.2, -0.15) is 0 Å². The van der Waals surface area contributed by atoms with Crippen LogP contribution in [0.4, 0.5) is 17.6 Å². The fourth-order valence-corrected chi connectivity index (χ4v) is 2.78. The van der Waals surface area contributed by atoms with E-state index in [0.29, 0.717) is 32.6 Å². The molecule has 1 aromatic carbocycles. The Kier molecular flexibility index (Phi) is 5.58. The van der Waals surface area contributed by atoms with Crippen molar-refractivity contribution in [3.8, 4) is 0 Å². The first-order chi connectivity index (χ1) is 10.1. The van der Waals surface area contributed by atoms with Crippen LogP contribution in [-0.2, 0) is 0 Å². The highest BCUT2D eigenvalue weighted by atomic mass is 19.2. The molecule has 2 nitrogen and oxygen atoms in total. The number of piperazine rings is 1. The number of hydrogen-bond acceptors (Lipinski definition) is 2. The molecule has 1 aliphatic rings. The van der Waals surface area contributed by atoms with Gasteiger partial charge in [0.2, 0.25) is 0 Å². The van der Waals surface area contributed by atoms with Gasteiger partial charge in [0.05, 0.1) is 0 Å². The van der Waals surface area contributed by atoms with Gasteiger partial charge in [-0.15, -0.1) is 0 Å². The molecule has 6 heteroatoms. The van der Waals surface area contributed by atoms with Crippen molar-refractivity contribution in [3.63, 3.8) is 0 Å². The minimum Gasteiger partial charge on any atom is -0.314 e. The molecule has 0 unspecified atom stereocenters. The molecular formula is C15H20F4N2. The Morgan fingerprint density at radius 1 is 1.10 bits per heavy atom. The molecule has 0 amide bonds. The SMILES string of the molecule is CCCC[C@H](c1c(F)c(F)cc(F)c1F)N1CCNCC1. The molecule has 21 heavy (non-hydrogen) atoms. The van der Waals surface area contributed by atoms with Crippen LogP contribution in [0.25, 0.3) is 0 Å². The van der Waals surface area contributed by atoms with Gasteiger partial charge < -0.3 is 5.32 Å². The summed E-state index contributed by atoms with van der Waals surface area (Å²) in [5.74, 6) is -5.21. The number of unbranched alkanes of at least 4 members (excludes halogenated alkanes) is 1. The van der Waals surface area contributed by atoms with E-state index in [-0.39, 0.29) is 6.07 Å². The Morgan fingerprint density at radius 2 is 1.67 bits per heavy atom. The molecule has 0 aromatic heterocycles. The molecule has 0 bridgehead atoms. The molecule has 1 fully saturated rings. The van der Waals surface area contributed by atoms with Crippen LogP contribution in [-0.4, -0.2) is 31.1 Å². The number of nitrogens with one attached hydrogen (secondary N) is 1. The van der Waals surface area contributed by atoms with Crippen LogP contribution in [0.1, 0.15) is 37.8 Å². The van der Waals surface area contributed by atoms with Gasteiger partial charge >= 0.3 is 0 Å². The van der Waals surface area contributed by atoms with Gasteiger partial charge in [0, 0.05) is 43.9 Å². The van der Waals surface area contributed by atoms with Crippen molar-refractivity contribution >= 4 is 0 Å². The van der Waals surface area contributed by atoms with E-state index in [4.69, 9.17) is 0 Å². The highest BCUT2D eigenvalue weighted by Crippen LogP contribution is 2.33. The van der Waals surface area contributed by atoms with Crippen molar-refractivity contribution < 1.29 is 17.6 Å². The van der Waals surface area contributed by atoms with Crippen molar-refractivity contribution in [2.45, 2.75) is 32.2 Å². The second-order valence-electron chi connectivity index (χ2n) is 5.33. The number of halogens is 4. The lowest BCUT2D eigenvalue weighted by atomic mass is 9.97. The summed E-state index contributed by atoms with van der Waals surface area (Å²) in [4.78, 5) is 1.90. The highest BCUT2D eigenvalue weighted by molar-refractivity contribution is 5.26. The molecule has 2 rings (SSSR count). The molecule has 1 N–H and O–H groups in total. The third kappa shape index (κ3) is 3.55. The quantitative estimate of drug-likeness (QED) is 0.663. The van der Waals surface area contributed by atoms with Crippen LogP contribution < -0.4 is 5.32 Å². The molecule has 1 saturated heterocycles. The van der Waals surface area contributed by atoms with Gasteiger partial charge in [0.1, 0.15) is 0 Å². The molecular weight excluding hydrogens is 284 g/mol. The van der Waals surface area contributed by atoms with Crippen LogP contribution in [0.3, 0.4) is 0 Å². The van der Waals surface area contributed by atoms with Gasteiger partial charge in [0.15, 0.2) is 23.3 Å². The fraction of sp³-hybridized carbons (Fsp3) is 0.600. The Bertz CT molecular complexity index is 461. The maximum atomic E-state index is 14.1. The average molecular weight is 304 g/mol. The molecule has 118 valence electrons. The fourth-order valence-electron chi connectivity index (χ4n) is 2.78. The zero-order valence-corrected chi connectivity index (χ0v) is 12.1. The maximum Gasteiger partial charge on any atom is 0.166 e. The van der Waals surface area contributed by atoms with E-state index < -0.39 is 34.9 Å². The van der Waals surface area contributed by atoms with Crippen molar-refractivity contribution in [1.29, 1.82) is 0 Å². The first kappa shape index (κ1) is 16.2. The van der Waals surface area contributed by atoms with Gasteiger partial charge in [-0.05, 0) is 6.42 Å². The van der Waals surface area contributed by atoms with Crippen molar-refractivity contribution in [3.05, 3.63) is 34.9 Å². The summed E-state index contributed by atoms with van der Waals surface area (Å²) in [6.45, 7) is 4.57. The van der Waals surface area contributed by atoms with E-state index in [1.165, 1.54) is 0 Å². The second-order valence-corrected chi connectivity index (χ2v) is 5.33. The smallest absolute Gasteiger partial charge is 0.166 e. The van der Waals surface area contributed by atoms with Crippen molar-refractivity contribution in [2.24, 2.45) is 0 Å². The predicted octanol–water partition coefficient (Wildman–Crippen LogP) is 3.38. The standard InChI is InChI=1S/C15H20F4N2/c1-2-3-4-12(21-7-5-20-6-8-21)13-14(18)10(16)9-11(17)15(13)19/h9,12,20H,2-8H2,1H3/t12-/m1/s1. The first-order valence-corrected chi connectivity index (χ1v) is 7.34. The largest absolute Gasteiger partial charge is 0.314 e. The Morgan fingerprint density at radius 3 is 2.19 bits per heavy atom. The predicted molar refractivity (Wildman–Crippen MR) is 73.0 cm³/mol. The van der Waals surface area contributed by atoms with Crippen LogP contribution in [0, 0.1) is 23.3 Å². The van der Waals surface area contributed by atoms with Crippen molar-refractivity contribution in [2.75, 3.05) is 26.2 Å². The summed E-state index contributed by atoms with van der Waals surface area (Å²) in [6.07, 6.45) is 2.07. The molecule has 0 saturated carbocycles. The lowest BCUT2D eigenvalue weighted by molar-refractivity contribution is 0.154. The van der Waals surface area contributed by atoms with Gasteiger partial charge in [-0.25, -0.2) is 17.6 Å². The highest BCUT2D eigenvalue weighted by Gasteiger charge is 2.30. The van der Waals surface area contributed by atoms with Crippen LogP contribution >= 0.6 is 0 Å². The summed E-state index contributed by atoms with van der Waals surface area (Å²) >= 11 is 0. The normalized spacial score (nSPS) is 18.0. The van der Waals surface area contributed by atoms with Crippen LogP contribution in [0.2, 0.25) is 0 Å². The van der Waals surface area contributed by atoms with Crippen molar-refractivity contribution in [1.82, 2.24) is 10.2 Å². The molecule has 0 aliphatic carbocycles. The molecule has 1 heterocycles.